The van der Waals surface area contributed by atoms with Crippen LogP contribution in [0.15, 0.2) is 41.8 Å². The maximum Gasteiger partial charge on any atom is 0.126 e. The molecule has 0 atom stereocenters. The molecule has 0 spiro atoms. The SMILES string of the molecule is COc1ccc(-c2nc(CCl)cs2)c2ccccc12. The molecule has 1 aromatic heterocycles. The van der Waals surface area contributed by atoms with Crippen LogP contribution < -0.4 is 4.74 Å². The van der Waals surface area contributed by atoms with Gasteiger partial charge in [0.1, 0.15) is 10.8 Å². The van der Waals surface area contributed by atoms with E-state index in [1.165, 1.54) is 0 Å². The molecule has 0 aliphatic rings. The van der Waals surface area contributed by atoms with E-state index in [-0.39, 0.29) is 0 Å². The third kappa shape index (κ3) is 2.20. The minimum Gasteiger partial charge on any atom is -0.496 e. The summed E-state index contributed by atoms with van der Waals surface area (Å²) in [4.78, 5) is 4.55. The summed E-state index contributed by atoms with van der Waals surface area (Å²) in [5, 5.41) is 5.25. The van der Waals surface area contributed by atoms with Crippen LogP contribution in [0.1, 0.15) is 5.69 Å². The molecule has 2 aromatic carbocycles. The zero-order valence-electron chi connectivity index (χ0n) is 10.4. The molecule has 4 heteroatoms. The Labute approximate surface area is 120 Å². The standard InChI is InChI=1S/C15H12ClNOS/c1-18-14-7-6-13(11-4-2-3-5-12(11)14)15-17-10(8-16)9-19-15/h2-7,9H,8H2,1H3. The van der Waals surface area contributed by atoms with Gasteiger partial charge in [0.15, 0.2) is 0 Å². The first-order valence-corrected chi connectivity index (χ1v) is 7.31. The van der Waals surface area contributed by atoms with Crippen LogP contribution >= 0.6 is 22.9 Å². The molecule has 0 radical (unpaired) electrons. The molecule has 0 aliphatic carbocycles. The lowest BCUT2D eigenvalue weighted by atomic mass is 10.0. The summed E-state index contributed by atoms with van der Waals surface area (Å²) in [6.45, 7) is 0. The van der Waals surface area contributed by atoms with Crippen molar-refractivity contribution in [3.05, 3.63) is 47.5 Å². The summed E-state index contributed by atoms with van der Waals surface area (Å²) in [7, 11) is 1.69. The van der Waals surface area contributed by atoms with Crippen LogP contribution in [0.5, 0.6) is 5.75 Å². The highest BCUT2D eigenvalue weighted by Gasteiger charge is 2.10. The van der Waals surface area contributed by atoms with Crippen molar-refractivity contribution >= 4 is 33.7 Å². The second-order valence-electron chi connectivity index (χ2n) is 4.14. The molecule has 0 amide bonds. The number of aromatic nitrogens is 1. The third-order valence-corrected chi connectivity index (χ3v) is 4.22. The van der Waals surface area contributed by atoms with E-state index in [9.17, 15) is 0 Å². The van der Waals surface area contributed by atoms with Crippen LogP contribution in [0, 0.1) is 0 Å². The summed E-state index contributed by atoms with van der Waals surface area (Å²) in [5.41, 5.74) is 2.04. The Hall–Kier alpha value is -1.58. The monoisotopic (exact) mass is 289 g/mol. The van der Waals surface area contributed by atoms with Crippen molar-refractivity contribution in [3.8, 4) is 16.3 Å². The Kier molecular flexibility index (Phi) is 3.40. The van der Waals surface area contributed by atoms with Crippen LogP contribution in [0.2, 0.25) is 0 Å². The van der Waals surface area contributed by atoms with Crippen molar-refractivity contribution in [2.75, 3.05) is 7.11 Å². The van der Waals surface area contributed by atoms with E-state index < -0.39 is 0 Å². The Balaban J connectivity index is 2.24. The highest BCUT2D eigenvalue weighted by molar-refractivity contribution is 7.13. The van der Waals surface area contributed by atoms with E-state index in [1.54, 1.807) is 18.4 Å². The first kappa shape index (κ1) is 12.5. The van der Waals surface area contributed by atoms with Gasteiger partial charge in [0.2, 0.25) is 0 Å². The average molecular weight is 290 g/mol. The van der Waals surface area contributed by atoms with E-state index in [0.717, 1.165) is 32.8 Å². The number of methoxy groups -OCH3 is 1. The molecule has 1 heterocycles. The summed E-state index contributed by atoms with van der Waals surface area (Å²) < 4.78 is 5.41. The topological polar surface area (TPSA) is 22.1 Å². The van der Waals surface area contributed by atoms with E-state index in [1.807, 2.05) is 23.6 Å². The molecule has 0 unspecified atom stereocenters. The van der Waals surface area contributed by atoms with Crippen LogP contribution in [0.3, 0.4) is 0 Å². The van der Waals surface area contributed by atoms with Crippen molar-refractivity contribution in [2.24, 2.45) is 0 Å². The second kappa shape index (κ2) is 5.19. The smallest absolute Gasteiger partial charge is 0.126 e. The number of alkyl halides is 1. The number of hydrogen-bond donors (Lipinski definition) is 0. The quantitative estimate of drug-likeness (QED) is 0.651. The van der Waals surface area contributed by atoms with Gasteiger partial charge in [-0.2, -0.15) is 0 Å². The lowest BCUT2D eigenvalue weighted by molar-refractivity contribution is 0.420. The number of halogens is 1. The number of nitrogens with zero attached hydrogens (tertiary/aromatic N) is 1. The van der Waals surface area contributed by atoms with E-state index in [2.05, 4.69) is 23.2 Å². The summed E-state index contributed by atoms with van der Waals surface area (Å²) in [6, 6.07) is 12.2. The van der Waals surface area contributed by atoms with Gasteiger partial charge >= 0.3 is 0 Å². The second-order valence-corrected chi connectivity index (χ2v) is 5.26. The maximum absolute atomic E-state index is 5.82. The Morgan fingerprint density at radius 3 is 2.63 bits per heavy atom. The third-order valence-electron chi connectivity index (χ3n) is 3.02. The lowest BCUT2D eigenvalue weighted by Gasteiger charge is -2.08. The van der Waals surface area contributed by atoms with Crippen molar-refractivity contribution in [2.45, 2.75) is 5.88 Å². The van der Waals surface area contributed by atoms with E-state index in [0.29, 0.717) is 5.88 Å². The fourth-order valence-corrected chi connectivity index (χ4v) is 3.22. The zero-order chi connectivity index (χ0) is 13.2. The number of rotatable bonds is 3. The highest BCUT2D eigenvalue weighted by atomic mass is 35.5. The molecule has 0 saturated heterocycles. The fraction of sp³-hybridized carbons (Fsp3) is 0.133. The van der Waals surface area contributed by atoms with Crippen molar-refractivity contribution in [3.63, 3.8) is 0 Å². The predicted molar refractivity (Wildman–Crippen MR) is 81.2 cm³/mol. The molecule has 19 heavy (non-hydrogen) atoms. The van der Waals surface area contributed by atoms with Gasteiger partial charge < -0.3 is 4.74 Å². The summed E-state index contributed by atoms with van der Waals surface area (Å²) >= 11 is 7.44. The molecule has 3 aromatic rings. The number of thiazole rings is 1. The number of ether oxygens (including phenoxy) is 1. The number of benzene rings is 2. The lowest BCUT2D eigenvalue weighted by Crippen LogP contribution is -1.87. The van der Waals surface area contributed by atoms with Crippen LogP contribution in [-0.2, 0) is 5.88 Å². The van der Waals surface area contributed by atoms with Gasteiger partial charge in [-0.3, -0.25) is 0 Å². The first-order valence-electron chi connectivity index (χ1n) is 5.90. The van der Waals surface area contributed by atoms with Crippen LogP contribution in [-0.4, -0.2) is 12.1 Å². The minimum absolute atomic E-state index is 0.449. The van der Waals surface area contributed by atoms with Gasteiger partial charge in [0.05, 0.1) is 18.7 Å². The molecule has 0 saturated carbocycles. The predicted octanol–water partition coefficient (Wildman–Crippen LogP) is 4.71. The maximum atomic E-state index is 5.82. The Morgan fingerprint density at radius 1 is 1.16 bits per heavy atom. The molecule has 2 nitrogen and oxygen atoms in total. The van der Waals surface area contributed by atoms with Gasteiger partial charge in [0.25, 0.3) is 0 Å². The summed E-state index contributed by atoms with van der Waals surface area (Å²) in [5.74, 6) is 1.33. The van der Waals surface area contributed by atoms with Gasteiger partial charge in [-0.15, -0.1) is 22.9 Å². The molecule has 0 fully saturated rings. The van der Waals surface area contributed by atoms with Crippen LogP contribution in [0.25, 0.3) is 21.3 Å². The molecular weight excluding hydrogens is 278 g/mol. The molecular formula is C15H12ClNOS. The molecule has 0 bridgehead atoms. The Morgan fingerprint density at radius 2 is 1.95 bits per heavy atom. The Bertz CT molecular complexity index is 723. The normalized spacial score (nSPS) is 10.8. The van der Waals surface area contributed by atoms with Gasteiger partial charge in [0, 0.05) is 16.3 Å². The minimum atomic E-state index is 0.449. The zero-order valence-corrected chi connectivity index (χ0v) is 12.0. The van der Waals surface area contributed by atoms with Crippen molar-refractivity contribution in [1.82, 2.24) is 4.98 Å². The largest absolute Gasteiger partial charge is 0.496 e. The first-order chi connectivity index (χ1) is 9.33. The highest BCUT2D eigenvalue weighted by Crippen LogP contribution is 2.35. The van der Waals surface area contributed by atoms with Crippen LogP contribution in [0.4, 0.5) is 0 Å². The van der Waals surface area contributed by atoms with Gasteiger partial charge in [-0.25, -0.2) is 4.98 Å². The number of fused-ring (bicyclic) bond motifs is 1. The van der Waals surface area contributed by atoms with E-state index in [4.69, 9.17) is 16.3 Å². The molecule has 3 rings (SSSR count). The summed E-state index contributed by atoms with van der Waals surface area (Å²) in [6.07, 6.45) is 0. The average Bonchev–Trinajstić information content (AvgIpc) is 2.95. The van der Waals surface area contributed by atoms with Crippen molar-refractivity contribution < 1.29 is 4.74 Å². The number of hydrogen-bond acceptors (Lipinski definition) is 3. The molecule has 0 aliphatic heterocycles. The van der Waals surface area contributed by atoms with Crippen molar-refractivity contribution in [1.29, 1.82) is 0 Å². The van der Waals surface area contributed by atoms with Gasteiger partial charge in [-0.05, 0) is 17.5 Å². The molecule has 0 N–H and O–H groups in total. The van der Waals surface area contributed by atoms with Gasteiger partial charge in [-0.1, -0.05) is 24.3 Å². The van der Waals surface area contributed by atoms with E-state index >= 15 is 0 Å². The fourth-order valence-electron chi connectivity index (χ4n) is 2.13. The molecule has 96 valence electrons.